The van der Waals surface area contributed by atoms with Gasteiger partial charge in [-0.3, -0.25) is 0 Å². The molecular weight excluding hydrogens is 454 g/mol. The lowest BCUT2D eigenvalue weighted by Gasteiger charge is -2.29. The zero-order chi connectivity index (χ0) is 26.7. The van der Waals surface area contributed by atoms with Crippen LogP contribution in [-0.2, 0) is 0 Å². The van der Waals surface area contributed by atoms with E-state index >= 15 is 0 Å². The summed E-state index contributed by atoms with van der Waals surface area (Å²) in [4.78, 5) is 15.1. The van der Waals surface area contributed by atoms with Gasteiger partial charge in [0.25, 0.3) is 0 Å². The first kappa shape index (κ1) is 29.1. The van der Waals surface area contributed by atoms with Crippen molar-refractivity contribution in [2.75, 3.05) is 51.3 Å². The van der Waals surface area contributed by atoms with Crippen LogP contribution >= 0.6 is 0 Å². The van der Waals surface area contributed by atoms with E-state index in [-0.39, 0.29) is 5.63 Å². The summed E-state index contributed by atoms with van der Waals surface area (Å²) in [6.45, 7) is 17.9. The van der Waals surface area contributed by atoms with E-state index in [1.54, 1.807) is 0 Å². The fraction of sp³-hybridized carbons (Fsp3) is 0.448. The van der Waals surface area contributed by atoms with Gasteiger partial charge in [-0.15, -0.1) is 0 Å². The third-order valence-corrected chi connectivity index (χ3v) is 6.00. The molecule has 0 aliphatic carbocycles. The molecule has 1 aliphatic heterocycles. The van der Waals surface area contributed by atoms with E-state index in [4.69, 9.17) is 13.9 Å². The molecule has 7 nitrogen and oxygen atoms in total. The Morgan fingerprint density at radius 1 is 0.861 bits per heavy atom. The summed E-state index contributed by atoms with van der Waals surface area (Å²) in [7, 11) is 1.00. The van der Waals surface area contributed by atoms with E-state index in [0.29, 0.717) is 16.6 Å². The van der Waals surface area contributed by atoms with Crippen LogP contribution in [-0.4, -0.2) is 51.5 Å². The van der Waals surface area contributed by atoms with E-state index < -0.39 is 0 Å². The number of nitrogens with one attached hydrogen (secondary N) is 1. The zero-order valence-corrected chi connectivity index (χ0v) is 22.9. The molecule has 3 heterocycles. The quantitative estimate of drug-likeness (QED) is 0.187. The molecule has 2 aromatic heterocycles. The Hall–Kier alpha value is -3.16. The largest absolute Gasteiger partial charge is 0.455 e. The molecule has 0 amide bonds. The second-order valence-electron chi connectivity index (χ2n) is 7.69. The van der Waals surface area contributed by atoms with Gasteiger partial charge in [0.05, 0.1) is 11.5 Å². The predicted molar refractivity (Wildman–Crippen MR) is 152 cm³/mol. The van der Waals surface area contributed by atoms with Gasteiger partial charge in [-0.25, -0.2) is 9.37 Å². The highest BCUT2D eigenvalue weighted by atomic mass is 16.4. The van der Waals surface area contributed by atoms with Crippen LogP contribution in [0.25, 0.3) is 32.9 Å². The van der Waals surface area contributed by atoms with Gasteiger partial charge in [0.15, 0.2) is 5.58 Å². The monoisotopic (exact) mass is 496 g/mol. The molecule has 1 saturated heterocycles. The highest BCUT2D eigenvalue weighted by Gasteiger charge is 2.15. The molecule has 0 unspecified atom stereocenters. The number of hydrogen-bond acceptors (Lipinski definition) is 6. The van der Waals surface area contributed by atoms with Crippen molar-refractivity contribution >= 4 is 38.6 Å². The van der Waals surface area contributed by atoms with Gasteiger partial charge in [0.2, 0.25) is 5.36 Å². The van der Waals surface area contributed by atoms with Crippen molar-refractivity contribution in [1.29, 1.82) is 0 Å². The van der Waals surface area contributed by atoms with Gasteiger partial charge in [-0.2, -0.15) is 0 Å². The minimum absolute atomic E-state index is 0.369. The highest BCUT2D eigenvalue weighted by Crippen LogP contribution is 2.29. The van der Waals surface area contributed by atoms with Crippen molar-refractivity contribution in [3.8, 4) is 0 Å². The summed E-state index contributed by atoms with van der Waals surface area (Å²) >= 11 is 0. The molecular formula is C29H42N3O4+. The first-order chi connectivity index (χ1) is 17.7. The number of hydrogen-bond donors (Lipinski definition) is 2. The van der Waals surface area contributed by atoms with Crippen molar-refractivity contribution < 1.29 is 13.9 Å². The smallest absolute Gasteiger partial charge is 0.347 e. The molecule has 2 aromatic carbocycles. The van der Waals surface area contributed by atoms with Crippen LogP contribution in [0.15, 0.2) is 56.1 Å². The predicted octanol–water partition coefficient (Wildman–Crippen LogP) is 4.57. The van der Waals surface area contributed by atoms with Crippen LogP contribution < -0.4 is 25.8 Å². The average molecular weight is 497 g/mol. The van der Waals surface area contributed by atoms with E-state index in [2.05, 4.69) is 46.8 Å². The number of aliphatic hydroxyl groups excluding tert-OH is 1. The van der Waals surface area contributed by atoms with Crippen molar-refractivity contribution in [3.05, 3.63) is 58.2 Å². The second-order valence-corrected chi connectivity index (χ2v) is 7.69. The van der Waals surface area contributed by atoms with E-state index in [9.17, 15) is 4.79 Å². The van der Waals surface area contributed by atoms with Crippen molar-refractivity contribution in [1.82, 2.24) is 9.89 Å². The molecule has 0 atom stereocenters. The van der Waals surface area contributed by atoms with Crippen LogP contribution in [0.1, 0.15) is 41.5 Å². The molecule has 2 N–H and O–H groups in total. The molecule has 0 spiro atoms. The first-order valence-corrected chi connectivity index (χ1v) is 13.1. The van der Waals surface area contributed by atoms with Gasteiger partial charge in [-0.05, 0) is 38.1 Å². The van der Waals surface area contributed by atoms with Gasteiger partial charge >= 0.3 is 5.63 Å². The van der Waals surface area contributed by atoms with Gasteiger partial charge < -0.3 is 24.2 Å². The van der Waals surface area contributed by atoms with Gasteiger partial charge in [-0.1, -0.05) is 27.7 Å². The lowest BCUT2D eigenvalue weighted by Crippen LogP contribution is -2.43. The number of anilines is 1. The fourth-order valence-corrected chi connectivity index (χ4v) is 4.31. The van der Waals surface area contributed by atoms with E-state index in [1.165, 1.54) is 0 Å². The number of aliphatic hydroxyl groups is 1. The molecule has 0 radical (unpaired) electrons. The van der Waals surface area contributed by atoms with Crippen LogP contribution in [0.5, 0.6) is 0 Å². The summed E-state index contributed by atoms with van der Waals surface area (Å²) in [5, 5.41) is 13.6. The van der Waals surface area contributed by atoms with Crippen LogP contribution in [0.4, 0.5) is 5.69 Å². The zero-order valence-electron chi connectivity index (χ0n) is 22.9. The maximum Gasteiger partial charge on any atom is 0.347 e. The Labute approximate surface area is 213 Å². The van der Waals surface area contributed by atoms with Crippen LogP contribution in [0.2, 0.25) is 0 Å². The Balaban J connectivity index is 0.000000710. The molecule has 7 heteroatoms. The number of fused-ring (bicyclic) bond motifs is 4. The van der Waals surface area contributed by atoms with Crippen molar-refractivity contribution in [2.24, 2.45) is 0 Å². The topological polar surface area (TPSA) is 81.9 Å². The third-order valence-electron chi connectivity index (χ3n) is 6.00. The van der Waals surface area contributed by atoms with Crippen LogP contribution in [0, 0.1) is 0 Å². The lowest BCUT2D eigenvalue weighted by atomic mass is 10.1. The second kappa shape index (κ2) is 14.4. The number of benzene rings is 2. The third kappa shape index (κ3) is 6.15. The van der Waals surface area contributed by atoms with Gasteiger partial charge in [0.1, 0.15) is 29.6 Å². The minimum Gasteiger partial charge on any atom is -0.455 e. The first-order valence-electron chi connectivity index (χ1n) is 13.1. The molecule has 1 aliphatic rings. The standard InChI is InChI=1S/C24H26N3O3.2C2H6.CH4O/c1-3-26(4-2)17-7-8-19-22(15-17)30-24(28)20-13-16-5-6-18(14-21(16)29-23(19)20)27-11-9-25-10-12-27;3*1-2/h5-8,13-15,25H,3-4,9-12H2,1-2H3;2*1-2H3;2H,1H3/q+1;;;. The molecule has 0 bridgehead atoms. The van der Waals surface area contributed by atoms with Crippen LogP contribution in [0.3, 0.4) is 0 Å². The van der Waals surface area contributed by atoms with Crippen molar-refractivity contribution in [3.63, 3.8) is 0 Å². The normalized spacial score (nSPS) is 12.7. The Morgan fingerprint density at radius 2 is 1.53 bits per heavy atom. The van der Waals surface area contributed by atoms with E-state index in [1.807, 2.05) is 52.0 Å². The fourth-order valence-electron chi connectivity index (χ4n) is 4.31. The minimum atomic E-state index is -0.369. The Kier molecular flexibility index (Phi) is 11.6. The van der Waals surface area contributed by atoms with E-state index in [0.717, 1.165) is 73.8 Å². The lowest BCUT2D eigenvalue weighted by molar-refractivity contribution is 0.399. The summed E-state index contributed by atoms with van der Waals surface area (Å²) < 4.78 is 14.2. The highest BCUT2D eigenvalue weighted by molar-refractivity contribution is 6.03. The maximum atomic E-state index is 12.7. The molecule has 5 rings (SSSR count). The summed E-state index contributed by atoms with van der Waals surface area (Å²) in [6, 6.07) is 14.0. The Bertz CT molecular complexity index is 1380. The molecule has 36 heavy (non-hydrogen) atoms. The summed E-state index contributed by atoms with van der Waals surface area (Å²) in [5.74, 6) is 0. The number of piperazine rings is 1. The maximum absolute atomic E-state index is 12.7. The number of rotatable bonds is 3. The Morgan fingerprint density at radius 3 is 2.17 bits per heavy atom. The summed E-state index contributed by atoms with van der Waals surface area (Å²) in [6.07, 6.45) is 0. The van der Waals surface area contributed by atoms with Crippen molar-refractivity contribution in [2.45, 2.75) is 41.5 Å². The SMILES string of the molecule is CC.CC.CC[N+](CC)=c1ccc2c(c1)oc(=O)c1cc3ccc(N4CCNCC4)cc3oc12.CO. The number of nitrogens with zero attached hydrogens (tertiary/aromatic N) is 2. The molecule has 0 saturated carbocycles. The average Bonchev–Trinajstić information content (AvgIpc) is 2.96. The molecule has 4 aromatic rings. The summed E-state index contributed by atoms with van der Waals surface area (Å²) in [5.41, 5.74) is 2.68. The van der Waals surface area contributed by atoms with Gasteiger partial charge in [0, 0.05) is 56.5 Å². The molecule has 196 valence electrons. The molecule has 1 fully saturated rings.